The third kappa shape index (κ3) is 2.23. The lowest BCUT2D eigenvalue weighted by Gasteiger charge is -2.13. The van der Waals surface area contributed by atoms with E-state index in [1.165, 1.54) is 23.5 Å². The number of sulfonamides is 1. The second-order valence-electron chi connectivity index (χ2n) is 4.33. The van der Waals surface area contributed by atoms with Crippen molar-refractivity contribution in [2.45, 2.75) is 4.90 Å². The molecule has 1 aromatic carbocycles. The molecule has 2 aromatic rings. The fourth-order valence-electron chi connectivity index (χ4n) is 2.08. The predicted octanol–water partition coefficient (Wildman–Crippen LogP) is 2.54. The van der Waals surface area contributed by atoms with E-state index in [1.54, 1.807) is 23.6 Å². The number of halogens is 1. The zero-order valence-electron chi connectivity index (χ0n) is 10.4. The van der Waals surface area contributed by atoms with Crippen molar-refractivity contribution in [1.29, 1.82) is 0 Å². The number of Topliss-reactive ketones (excluding diaryl/α,β-unsaturated/α-hetero) is 1. The molecular weight excluding hydrogens is 378 g/mol. The van der Waals surface area contributed by atoms with Crippen LogP contribution in [-0.4, -0.2) is 31.0 Å². The van der Waals surface area contributed by atoms with Crippen LogP contribution in [0.15, 0.2) is 45.1 Å². The number of nitrogens with zero attached hydrogens (tertiary/aromatic N) is 1. The molecule has 0 fully saturated rings. The zero-order chi connectivity index (χ0) is 15.2. The van der Waals surface area contributed by atoms with Crippen molar-refractivity contribution in [3.63, 3.8) is 0 Å². The van der Waals surface area contributed by atoms with E-state index in [4.69, 9.17) is 0 Å². The quantitative estimate of drug-likeness (QED) is 0.761. The lowest BCUT2D eigenvalue weighted by Crippen LogP contribution is -2.34. The Bertz CT molecular complexity index is 857. The average molecular weight is 386 g/mol. The molecule has 3 rings (SSSR count). The van der Waals surface area contributed by atoms with Gasteiger partial charge in [0.2, 0.25) is 0 Å². The molecule has 1 aromatic heterocycles. The van der Waals surface area contributed by atoms with E-state index < -0.39 is 28.3 Å². The molecule has 0 aliphatic carbocycles. The summed E-state index contributed by atoms with van der Waals surface area (Å²) in [4.78, 5) is 24.7. The van der Waals surface area contributed by atoms with Crippen LogP contribution in [0.2, 0.25) is 0 Å². The van der Waals surface area contributed by atoms with Crippen LogP contribution in [-0.2, 0) is 10.0 Å². The Hall–Kier alpha value is -1.51. The Morgan fingerprint density at radius 1 is 1.24 bits per heavy atom. The molecule has 2 heterocycles. The zero-order valence-corrected chi connectivity index (χ0v) is 13.7. The van der Waals surface area contributed by atoms with E-state index >= 15 is 0 Å². The summed E-state index contributed by atoms with van der Waals surface area (Å²) in [5.41, 5.74) is 0.107. The van der Waals surface area contributed by atoms with Gasteiger partial charge < -0.3 is 0 Å². The van der Waals surface area contributed by atoms with Gasteiger partial charge in [-0.1, -0.05) is 12.1 Å². The third-order valence-corrected chi connectivity index (χ3v) is 6.74. The molecule has 21 heavy (non-hydrogen) atoms. The van der Waals surface area contributed by atoms with Gasteiger partial charge in [-0.2, -0.15) is 0 Å². The smallest absolute Gasteiger partial charge is 0.269 e. The minimum atomic E-state index is -3.94. The predicted molar refractivity (Wildman–Crippen MR) is 81.0 cm³/mol. The van der Waals surface area contributed by atoms with Crippen molar-refractivity contribution in [1.82, 2.24) is 4.31 Å². The van der Waals surface area contributed by atoms with Crippen LogP contribution in [0, 0.1) is 0 Å². The maximum absolute atomic E-state index is 12.3. The number of ketones is 1. The molecule has 0 unspecified atom stereocenters. The van der Waals surface area contributed by atoms with Crippen LogP contribution in [0.1, 0.15) is 20.0 Å². The second-order valence-corrected chi connectivity index (χ2v) is 7.94. The summed E-state index contributed by atoms with van der Waals surface area (Å²) >= 11 is 4.42. The van der Waals surface area contributed by atoms with Gasteiger partial charge in [0.25, 0.3) is 15.9 Å². The standard InChI is InChI=1S/C13H8BrNO4S2/c14-9-5-6-20-12(9)10(16)7-15-13(17)8-3-1-2-4-11(8)21(15,18)19/h1-6H,7H2. The molecule has 0 bridgehead atoms. The summed E-state index contributed by atoms with van der Waals surface area (Å²) in [6.07, 6.45) is 0. The number of carbonyl (C=O) groups excluding carboxylic acids is 2. The van der Waals surface area contributed by atoms with E-state index in [-0.39, 0.29) is 10.5 Å². The van der Waals surface area contributed by atoms with Crippen molar-refractivity contribution >= 4 is 49.0 Å². The SMILES string of the molecule is O=C(CN1C(=O)c2ccccc2S1(=O)=O)c1sccc1Br. The van der Waals surface area contributed by atoms with Crippen molar-refractivity contribution in [2.75, 3.05) is 6.54 Å². The van der Waals surface area contributed by atoms with E-state index in [2.05, 4.69) is 15.9 Å². The first kappa shape index (κ1) is 14.4. The van der Waals surface area contributed by atoms with Crippen molar-refractivity contribution in [2.24, 2.45) is 0 Å². The van der Waals surface area contributed by atoms with Gasteiger partial charge >= 0.3 is 0 Å². The summed E-state index contributed by atoms with van der Waals surface area (Å²) in [5, 5.41) is 1.71. The van der Waals surface area contributed by atoms with Crippen LogP contribution >= 0.6 is 27.3 Å². The molecule has 0 radical (unpaired) electrons. The Morgan fingerprint density at radius 2 is 1.95 bits per heavy atom. The van der Waals surface area contributed by atoms with Crippen LogP contribution < -0.4 is 0 Å². The van der Waals surface area contributed by atoms with E-state index in [9.17, 15) is 18.0 Å². The molecule has 0 saturated carbocycles. The number of benzene rings is 1. The Balaban J connectivity index is 1.97. The second kappa shape index (κ2) is 5.04. The summed E-state index contributed by atoms with van der Waals surface area (Å²) in [6, 6.07) is 7.65. The maximum Gasteiger partial charge on any atom is 0.269 e. The highest BCUT2D eigenvalue weighted by Crippen LogP contribution is 2.31. The third-order valence-electron chi connectivity index (χ3n) is 3.07. The lowest BCUT2D eigenvalue weighted by molar-refractivity contribution is 0.0821. The summed E-state index contributed by atoms with van der Waals surface area (Å²) in [6.45, 7) is -0.491. The maximum atomic E-state index is 12.3. The number of amides is 1. The summed E-state index contributed by atoms with van der Waals surface area (Å²) < 4.78 is 25.9. The van der Waals surface area contributed by atoms with Gasteiger partial charge in [0.15, 0.2) is 5.78 Å². The topological polar surface area (TPSA) is 71.5 Å². The monoisotopic (exact) mass is 385 g/mol. The van der Waals surface area contributed by atoms with E-state index in [0.717, 1.165) is 0 Å². The van der Waals surface area contributed by atoms with Crippen LogP contribution in [0.25, 0.3) is 0 Å². The molecule has 0 N–H and O–H groups in total. The molecule has 1 aliphatic rings. The molecule has 0 saturated heterocycles. The molecule has 108 valence electrons. The van der Waals surface area contributed by atoms with Gasteiger partial charge in [0.1, 0.15) is 11.4 Å². The van der Waals surface area contributed by atoms with Crippen molar-refractivity contribution < 1.29 is 18.0 Å². The first-order valence-electron chi connectivity index (χ1n) is 5.85. The number of hydrogen-bond donors (Lipinski definition) is 0. The fraction of sp³-hybridized carbons (Fsp3) is 0.0769. The largest absolute Gasteiger partial charge is 0.291 e. The molecule has 0 atom stereocenters. The number of carbonyl (C=O) groups is 2. The molecule has 8 heteroatoms. The fourth-order valence-corrected chi connectivity index (χ4v) is 5.13. The van der Waals surface area contributed by atoms with Gasteiger partial charge in [-0.05, 0) is 39.5 Å². The Morgan fingerprint density at radius 3 is 2.57 bits per heavy atom. The van der Waals surface area contributed by atoms with E-state index in [1.807, 2.05) is 0 Å². The van der Waals surface area contributed by atoms with Crippen molar-refractivity contribution in [3.8, 4) is 0 Å². The van der Waals surface area contributed by atoms with Gasteiger partial charge in [-0.3, -0.25) is 9.59 Å². The highest BCUT2D eigenvalue weighted by Gasteiger charge is 2.42. The highest BCUT2D eigenvalue weighted by molar-refractivity contribution is 9.10. The normalized spacial score (nSPS) is 16.0. The number of thiophene rings is 1. The summed E-state index contributed by atoms with van der Waals surface area (Å²) in [5.74, 6) is -1.08. The van der Waals surface area contributed by atoms with E-state index in [0.29, 0.717) is 13.7 Å². The Labute approximate surface area is 133 Å². The van der Waals surface area contributed by atoms with Crippen molar-refractivity contribution in [3.05, 3.63) is 50.6 Å². The first-order valence-corrected chi connectivity index (χ1v) is 8.96. The van der Waals surface area contributed by atoms with Gasteiger partial charge in [-0.15, -0.1) is 11.3 Å². The van der Waals surface area contributed by atoms with Gasteiger partial charge in [0.05, 0.1) is 10.4 Å². The molecule has 1 amide bonds. The molecule has 5 nitrogen and oxygen atoms in total. The average Bonchev–Trinajstić information content (AvgIpc) is 2.96. The Kier molecular flexibility index (Phi) is 3.46. The lowest BCUT2D eigenvalue weighted by atomic mass is 10.2. The van der Waals surface area contributed by atoms with Gasteiger partial charge in [0, 0.05) is 4.47 Å². The molecule has 1 aliphatic heterocycles. The number of rotatable bonds is 3. The first-order chi connectivity index (χ1) is 9.93. The van der Waals surface area contributed by atoms with Crippen LogP contribution in [0.4, 0.5) is 0 Å². The minimum Gasteiger partial charge on any atom is -0.291 e. The van der Waals surface area contributed by atoms with Crippen LogP contribution in [0.3, 0.4) is 0 Å². The van der Waals surface area contributed by atoms with Crippen LogP contribution in [0.5, 0.6) is 0 Å². The highest BCUT2D eigenvalue weighted by atomic mass is 79.9. The van der Waals surface area contributed by atoms with Gasteiger partial charge in [-0.25, -0.2) is 12.7 Å². The number of hydrogen-bond acceptors (Lipinski definition) is 5. The number of fused-ring (bicyclic) bond motifs is 1. The summed E-state index contributed by atoms with van der Waals surface area (Å²) in [7, 11) is -3.94. The molecule has 0 spiro atoms. The molecular formula is C13H8BrNO4S2. The minimum absolute atomic E-state index is 0.0481.